The van der Waals surface area contributed by atoms with Crippen LogP contribution in [0.3, 0.4) is 0 Å². The maximum absolute atomic E-state index is 11.9. The highest BCUT2D eigenvalue weighted by molar-refractivity contribution is 5.92. The van der Waals surface area contributed by atoms with Crippen molar-refractivity contribution >= 4 is 11.6 Å². The Morgan fingerprint density at radius 2 is 2.21 bits per heavy atom. The predicted molar refractivity (Wildman–Crippen MR) is 74.6 cm³/mol. The van der Waals surface area contributed by atoms with E-state index in [2.05, 4.69) is 16.3 Å². The van der Waals surface area contributed by atoms with Gasteiger partial charge in [-0.25, -0.2) is 0 Å². The average molecular weight is 257 g/mol. The van der Waals surface area contributed by atoms with Crippen molar-refractivity contribution < 1.29 is 4.79 Å². The third kappa shape index (κ3) is 4.08. The third-order valence-corrected chi connectivity index (χ3v) is 3.39. The second-order valence-electron chi connectivity index (χ2n) is 5.12. The summed E-state index contributed by atoms with van der Waals surface area (Å²) in [6.07, 6.45) is 1.95. The second-order valence-corrected chi connectivity index (χ2v) is 5.12. The Kier molecular flexibility index (Phi) is 4.53. The summed E-state index contributed by atoms with van der Waals surface area (Å²) in [6.45, 7) is 3.99. The normalized spacial score (nSPS) is 19.7. The SMILES string of the molecule is Cc1ccc(NC(=O)CN2CCCC(C#N)C2)cc1. The first-order valence-electron chi connectivity index (χ1n) is 6.66. The molecule has 0 saturated carbocycles. The predicted octanol–water partition coefficient (Wildman–Crippen LogP) is 2.17. The van der Waals surface area contributed by atoms with E-state index in [0.717, 1.165) is 25.1 Å². The zero-order chi connectivity index (χ0) is 13.7. The maximum atomic E-state index is 11.9. The summed E-state index contributed by atoms with van der Waals surface area (Å²) >= 11 is 0. The van der Waals surface area contributed by atoms with Crippen LogP contribution in [0, 0.1) is 24.2 Å². The van der Waals surface area contributed by atoms with Gasteiger partial charge in [-0.3, -0.25) is 9.69 Å². The van der Waals surface area contributed by atoms with E-state index in [-0.39, 0.29) is 11.8 Å². The van der Waals surface area contributed by atoms with Gasteiger partial charge in [-0.1, -0.05) is 17.7 Å². The molecule has 1 atom stereocenters. The number of benzene rings is 1. The number of piperidine rings is 1. The molecule has 1 N–H and O–H groups in total. The van der Waals surface area contributed by atoms with Crippen LogP contribution in [0.4, 0.5) is 5.69 Å². The molecule has 0 aliphatic carbocycles. The minimum atomic E-state index is -0.0116. The van der Waals surface area contributed by atoms with E-state index in [0.29, 0.717) is 13.1 Å². The molecule has 1 aromatic carbocycles. The van der Waals surface area contributed by atoms with E-state index in [1.54, 1.807) is 0 Å². The van der Waals surface area contributed by atoms with Crippen molar-refractivity contribution in [2.24, 2.45) is 5.92 Å². The molecule has 1 aliphatic rings. The van der Waals surface area contributed by atoms with E-state index < -0.39 is 0 Å². The first-order chi connectivity index (χ1) is 9.17. The van der Waals surface area contributed by atoms with Crippen LogP contribution in [0.5, 0.6) is 0 Å². The Morgan fingerprint density at radius 1 is 1.47 bits per heavy atom. The molecular weight excluding hydrogens is 238 g/mol. The Bertz CT molecular complexity index is 475. The van der Waals surface area contributed by atoms with Crippen LogP contribution < -0.4 is 5.32 Å². The van der Waals surface area contributed by atoms with E-state index in [1.165, 1.54) is 5.56 Å². The van der Waals surface area contributed by atoms with E-state index >= 15 is 0 Å². The number of anilines is 1. The van der Waals surface area contributed by atoms with Crippen molar-refractivity contribution in [1.29, 1.82) is 5.26 Å². The number of rotatable bonds is 3. The molecule has 4 heteroatoms. The largest absolute Gasteiger partial charge is 0.325 e. The molecule has 1 fully saturated rings. The van der Waals surface area contributed by atoms with Crippen molar-refractivity contribution in [3.8, 4) is 6.07 Å². The van der Waals surface area contributed by atoms with Crippen LogP contribution in [-0.2, 0) is 4.79 Å². The summed E-state index contributed by atoms with van der Waals surface area (Å²) in [5.41, 5.74) is 2.00. The molecule has 19 heavy (non-hydrogen) atoms. The van der Waals surface area contributed by atoms with Gasteiger partial charge >= 0.3 is 0 Å². The highest BCUT2D eigenvalue weighted by Crippen LogP contribution is 2.15. The van der Waals surface area contributed by atoms with Crippen molar-refractivity contribution in [2.45, 2.75) is 19.8 Å². The van der Waals surface area contributed by atoms with Crippen LogP contribution in [0.25, 0.3) is 0 Å². The quantitative estimate of drug-likeness (QED) is 0.902. The Labute approximate surface area is 114 Å². The molecule has 100 valence electrons. The number of carbonyl (C=O) groups excluding carboxylic acids is 1. The molecule has 1 amide bonds. The lowest BCUT2D eigenvalue weighted by atomic mass is 10.00. The van der Waals surface area contributed by atoms with Crippen LogP contribution in [0.2, 0.25) is 0 Å². The van der Waals surface area contributed by atoms with Crippen molar-refractivity contribution in [3.63, 3.8) is 0 Å². The monoisotopic (exact) mass is 257 g/mol. The van der Waals surface area contributed by atoms with E-state index in [4.69, 9.17) is 5.26 Å². The first kappa shape index (κ1) is 13.6. The fourth-order valence-electron chi connectivity index (χ4n) is 2.35. The number of hydrogen-bond donors (Lipinski definition) is 1. The summed E-state index contributed by atoms with van der Waals surface area (Å²) < 4.78 is 0. The van der Waals surface area contributed by atoms with Gasteiger partial charge in [0.2, 0.25) is 5.91 Å². The summed E-state index contributed by atoms with van der Waals surface area (Å²) in [5.74, 6) is 0.0587. The maximum Gasteiger partial charge on any atom is 0.238 e. The molecule has 0 aromatic heterocycles. The fourth-order valence-corrected chi connectivity index (χ4v) is 2.35. The number of nitrogens with zero attached hydrogens (tertiary/aromatic N) is 2. The van der Waals surface area contributed by atoms with Gasteiger partial charge in [-0.05, 0) is 38.4 Å². The van der Waals surface area contributed by atoms with Gasteiger partial charge in [0, 0.05) is 12.2 Å². The molecule has 0 radical (unpaired) electrons. The smallest absolute Gasteiger partial charge is 0.238 e. The molecular formula is C15H19N3O. The number of nitriles is 1. The fraction of sp³-hybridized carbons (Fsp3) is 0.467. The molecule has 1 aromatic rings. The Balaban J connectivity index is 1.84. The summed E-state index contributed by atoms with van der Waals surface area (Å²) in [7, 11) is 0. The van der Waals surface area contributed by atoms with Gasteiger partial charge in [0.05, 0.1) is 18.5 Å². The van der Waals surface area contributed by atoms with Gasteiger partial charge in [-0.2, -0.15) is 5.26 Å². The van der Waals surface area contributed by atoms with Crippen molar-refractivity contribution in [2.75, 3.05) is 25.0 Å². The zero-order valence-electron chi connectivity index (χ0n) is 11.2. The number of nitrogens with one attached hydrogen (secondary N) is 1. The lowest BCUT2D eigenvalue weighted by molar-refractivity contribution is -0.117. The van der Waals surface area contributed by atoms with Gasteiger partial charge in [0.25, 0.3) is 0 Å². The third-order valence-electron chi connectivity index (χ3n) is 3.39. The number of aryl methyl sites for hydroxylation is 1. The molecule has 1 aliphatic heterocycles. The summed E-state index contributed by atoms with van der Waals surface area (Å²) in [5, 5.41) is 11.8. The average Bonchev–Trinajstić information content (AvgIpc) is 2.41. The zero-order valence-corrected chi connectivity index (χ0v) is 11.2. The topological polar surface area (TPSA) is 56.1 Å². The molecule has 0 spiro atoms. The molecule has 1 unspecified atom stereocenters. The lowest BCUT2D eigenvalue weighted by Gasteiger charge is -2.28. The number of likely N-dealkylation sites (tertiary alicyclic amines) is 1. The van der Waals surface area contributed by atoms with E-state index in [9.17, 15) is 4.79 Å². The van der Waals surface area contributed by atoms with E-state index in [1.807, 2.05) is 31.2 Å². The molecule has 4 nitrogen and oxygen atoms in total. The molecule has 1 heterocycles. The van der Waals surface area contributed by atoms with Gasteiger partial charge in [0.1, 0.15) is 0 Å². The number of hydrogen-bond acceptors (Lipinski definition) is 3. The lowest BCUT2D eigenvalue weighted by Crippen LogP contribution is -2.40. The standard InChI is InChI=1S/C15H19N3O/c1-12-4-6-14(7-5-12)17-15(19)11-18-8-2-3-13(9-16)10-18/h4-7,13H,2-3,8,10-11H2,1H3,(H,17,19). The Hall–Kier alpha value is -1.86. The number of carbonyl (C=O) groups is 1. The van der Waals surface area contributed by atoms with Crippen LogP contribution >= 0.6 is 0 Å². The van der Waals surface area contributed by atoms with Crippen LogP contribution in [-0.4, -0.2) is 30.4 Å². The highest BCUT2D eigenvalue weighted by Gasteiger charge is 2.21. The first-order valence-corrected chi connectivity index (χ1v) is 6.66. The van der Waals surface area contributed by atoms with Gasteiger partial charge < -0.3 is 5.32 Å². The molecule has 2 rings (SSSR count). The highest BCUT2D eigenvalue weighted by atomic mass is 16.2. The van der Waals surface area contributed by atoms with Crippen LogP contribution in [0.15, 0.2) is 24.3 Å². The summed E-state index contributed by atoms with van der Waals surface area (Å²) in [4.78, 5) is 14.0. The van der Waals surface area contributed by atoms with Gasteiger partial charge in [0.15, 0.2) is 0 Å². The number of amides is 1. The van der Waals surface area contributed by atoms with Crippen molar-refractivity contribution in [3.05, 3.63) is 29.8 Å². The minimum absolute atomic E-state index is 0.0116. The Morgan fingerprint density at radius 3 is 2.89 bits per heavy atom. The molecule has 1 saturated heterocycles. The van der Waals surface area contributed by atoms with Crippen molar-refractivity contribution in [1.82, 2.24) is 4.90 Å². The molecule has 0 bridgehead atoms. The van der Waals surface area contributed by atoms with Gasteiger partial charge in [-0.15, -0.1) is 0 Å². The minimum Gasteiger partial charge on any atom is -0.325 e. The van der Waals surface area contributed by atoms with Crippen LogP contribution in [0.1, 0.15) is 18.4 Å². The summed E-state index contributed by atoms with van der Waals surface area (Å²) in [6, 6.07) is 10.0. The second kappa shape index (κ2) is 6.35.